The fourth-order valence-corrected chi connectivity index (χ4v) is 2.67. The molecular weight excluding hydrogens is 230 g/mol. The standard InChI is InChI=1S/C13H15N3O2/c17-13(18)11-7-14-4-3-10(11)9-1-2-12-15-5-6-16(12)8-9/h1-2,5-6,8,10-11,14H,3-4,7H2,(H,17,18). The molecule has 2 unspecified atom stereocenters. The molecule has 0 saturated carbocycles. The van der Waals surface area contributed by atoms with Crippen molar-refractivity contribution in [1.29, 1.82) is 0 Å². The first-order valence-corrected chi connectivity index (χ1v) is 6.12. The minimum atomic E-state index is -0.724. The SMILES string of the molecule is O=C(O)C1CNCCC1c1ccc2nccn2c1. The minimum absolute atomic E-state index is 0.0792. The van der Waals surface area contributed by atoms with Crippen LogP contribution in [0.2, 0.25) is 0 Å². The van der Waals surface area contributed by atoms with E-state index in [4.69, 9.17) is 0 Å². The van der Waals surface area contributed by atoms with Crippen molar-refractivity contribution < 1.29 is 9.90 Å². The van der Waals surface area contributed by atoms with Gasteiger partial charge in [-0.1, -0.05) is 6.07 Å². The van der Waals surface area contributed by atoms with Crippen LogP contribution in [-0.4, -0.2) is 33.6 Å². The van der Waals surface area contributed by atoms with Gasteiger partial charge in [0.25, 0.3) is 0 Å². The van der Waals surface area contributed by atoms with Gasteiger partial charge < -0.3 is 14.8 Å². The molecule has 2 N–H and O–H groups in total. The van der Waals surface area contributed by atoms with Crippen LogP contribution in [0.1, 0.15) is 17.9 Å². The van der Waals surface area contributed by atoms with Gasteiger partial charge in [0.2, 0.25) is 0 Å². The number of pyridine rings is 1. The van der Waals surface area contributed by atoms with Crippen LogP contribution < -0.4 is 5.32 Å². The van der Waals surface area contributed by atoms with Crippen LogP contribution in [0, 0.1) is 5.92 Å². The van der Waals surface area contributed by atoms with Crippen LogP contribution in [0.25, 0.3) is 5.65 Å². The molecule has 1 saturated heterocycles. The molecule has 0 spiro atoms. The molecule has 18 heavy (non-hydrogen) atoms. The highest BCUT2D eigenvalue weighted by atomic mass is 16.4. The Bertz CT molecular complexity index is 578. The third-order valence-corrected chi connectivity index (χ3v) is 3.64. The van der Waals surface area contributed by atoms with Gasteiger partial charge in [0.05, 0.1) is 5.92 Å². The predicted molar refractivity (Wildman–Crippen MR) is 66.5 cm³/mol. The van der Waals surface area contributed by atoms with Gasteiger partial charge in [-0.25, -0.2) is 4.98 Å². The van der Waals surface area contributed by atoms with Gasteiger partial charge in [-0.05, 0) is 24.6 Å². The van der Waals surface area contributed by atoms with Gasteiger partial charge in [0.1, 0.15) is 5.65 Å². The Labute approximate surface area is 104 Å². The molecular formula is C13H15N3O2. The van der Waals surface area contributed by atoms with Gasteiger partial charge in [0.15, 0.2) is 0 Å². The summed E-state index contributed by atoms with van der Waals surface area (Å²) in [6.45, 7) is 1.42. The molecule has 1 aliphatic rings. The van der Waals surface area contributed by atoms with E-state index in [9.17, 15) is 9.90 Å². The topological polar surface area (TPSA) is 66.6 Å². The number of carboxylic acids is 1. The van der Waals surface area contributed by atoms with Crippen molar-refractivity contribution in [1.82, 2.24) is 14.7 Å². The van der Waals surface area contributed by atoms with Gasteiger partial charge in [0, 0.05) is 31.1 Å². The van der Waals surface area contributed by atoms with E-state index in [1.165, 1.54) is 0 Å². The number of imidazole rings is 1. The highest BCUT2D eigenvalue weighted by molar-refractivity contribution is 5.72. The first kappa shape index (κ1) is 11.2. The predicted octanol–water partition coefficient (Wildman–Crippen LogP) is 1.11. The molecule has 1 fully saturated rings. The van der Waals surface area contributed by atoms with E-state index >= 15 is 0 Å². The maximum atomic E-state index is 11.3. The lowest BCUT2D eigenvalue weighted by Gasteiger charge is -2.29. The van der Waals surface area contributed by atoms with Gasteiger partial charge in [-0.15, -0.1) is 0 Å². The summed E-state index contributed by atoms with van der Waals surface area (Å²) in [6.07, 6.45) is 6.48. The average molecular weight is 245 g/mol. The van der Waals surface area contributed by atoms with Crippen LogP contribution in [-0.2, 0) is 4.79 Å². The molecule has 0 radical (unpaired) electrons. The van der Waals surface area contributed by atoms with Crippen molar-refractivity contribution in [2.75, 3.05) is 13.1 Å². The second-order valence-electron chi connectivity index (χ2n) is 4.70. The lowest BCUT2D eigenvalue weighted by molar-refractivity contribution is -0.142. The lowest BCUT2D eigenvalue weighted by Crippen LogP contribution is -2.39. The zero-order valence-corrected chi connectivity index (χ0v) is 9.91. The maximum absolute atomic E-state index is 11.3. The second kappa shape index (κ2) is 4.42. The van der Waals surface area contributed by atoms with E-state index in [1.807, 2.05) is 28.9 Å². The summed E-state index contributed by atoms with van der Waals surface area (Å²) in [5, 5.41) is 12.4. The summed E-state index contributed by atoms with van der Waals surface area (Å²) in [5.41, 5.74) is 1.97. The molecule has 2 atom stereocenters. The molecule has 94 valence electrons. The van der Waals surface area contributed by atoms with Crippen molar-refractivity contribution in [3.8, 4) is 0 Å². The second-order valence-corrected chi connectivity index (χ2v) is 4.70. The van der Waals surface area contributed by atoms with Crippen LogP contribution >= 0.6 is 0 Å². The lowest BCUT2D eigenvalue weighted by atomic mass is 9.82. The molecule has 1 aliphatic heterocycles. The Morgan fingerprint density at radius 2 is 2.39 bits per heavy atom. The molecule has 2 aromatic heterocycles. The monoisotopic (exact) mass is 245 g/mol. The van der Waals surface area contributed by atoms with E-state index in [2.05, 4.69) is 10.3 Å². The number of hydrogen-bond donors (Lipinski definition) is 2. The number of rotatable bonds is 2. The van der Waals surface area contributed by atoms with Crippen molar-refractivity contribution in [2.45, 2.75) is 12.3 Å². The smallest absolute Gasteiger partial charge is 0.308 e. The Kier molecular flexibility index (Phi) is 2.76. The molecule has 0 aliphatic carbocycles. The van der Waals surface area contributed by atoms with Gasteiger partial charge in [-0.3, -0.25) is 4.79 Å². The summed E-state index contributed by atoms with van der Waals surface area (Å²) in [4.78, 5) is 15.5. The Hall–Kier alpha value is -1.88. The first-order chi connectivity index (χ1) is 8.75. The van der Waals surface area contributed by atoms with Crippen LogP contribution in [0.3, 0.4) is 0 Å². The molecule has 0 bridgehead atoms. The van der Waals surface area contributed by atoms with Crippen LogP contribution in [0.4, 0.5) is 0 Å². The van der Waals surface area contributed by atoms with E-state index in [0.717, 1.165) is 24.2 Å². The highest BCUT2D eigenvalue weighted by Gasteiger charge is 2.31. The maximum Gasteiger partial charge on any atom is 0.308 e. The summed E-state index contributed by atoms with van der Waals surface area (Å²) in [6, 6.07) is 3.94. The largest absolute Gasteiger partial charge is 0.481 e. The number of carboxylic acid groups (broad SMARTS) is 1. The number of nitrogens with one attached hydrogen (secondary N) is 1. The molecule has 5 heteroatoms. The molecule has 3 rings (SSSR count). The van der Waals surface area contributed by atoms with E-state index in [-0.39, 0.29) is 11.8 Å². The molecule has 5 nitrogen and oxygen atoms in total. The number of hydrogen-bond acceptors (Lipinski definition) is 3. The Morgan fingerprint density at radius 3 is 3.22 bits per heavy atom. The van der Waals surface area contributed by atoms with Gasteiger partial charge >= 0.3 is 5.97 Å². The zero-order valence-electron chi connectivity index (χ0n) is 9.91. The summed E-state index contributed by atoms with van der Waals surface area (Å²) in [5.74, 6) is -0.992. The van der Waals surface area contributed by atoms with E-state index < -0.39 is 5.97 Å². The quantitative estimate of drug-likeness (QED) is 0.831. The number of aromatic nitrogens is 2. The van der Waals surface area contributed by atoms with Crippen LogP contribution in [0.5, 0.6) is 0 Å². The van der Waals surface area contributed by atoms with E-state index in [1.54, 1.807) is 6.20 Å². The number of nitrogens with zero attached hydrogens (tertiary/aromatic N) is 2. The highest BCUT2D eigenvalue weighted by Crippen LogP contribution is 2.30. The fourth-order valence-electron chi connectivity index (χ4n) is 2.67. The summed E-state index contributed by atoms with van der Waals surface area (Å²) >= 11 is 0. The van der Waals surface area contributed by atoms with Crippen LogP contribution in [0.15, 0.2) is 30.7 Å². The number of fused-ring (bicyclic) bond motifs is 1. The summed E-state index contributed by atoms with van der Waals surface area (Å²) in [7, 11) is 0. The Morgan fingerprint density at radius 1 is 1.50 bits per heavy atom. The third-order valence-electron chi connectivity index (χ3n) is 3.64. The third kappa shape index (κ3) is 1.86. The number of carbonyl (C=O) groups is 1. The number of aliphatic carboxylic acids is 1. The van der Waals surface area contributed by atoms with Crippen molar-refractivity contribution in [3.05, 3.63) is 36.3 Å². The zero-order chi connectivity index (χ0) is 12.5. The average Bonchev–Trinajstić information content (AvgIpc) is 2.85. The summed E-state index contributed by atoms with van der Waals surface area (Å²) < 4.78 is 1.94. The van der Waals surface area contributed by atoms with Crippen molar-refractivity contribution in [2.24, 2.45) is 5.92 Å². The van der Waals surface area contributed by atoms with Gasteiger partial charge in [-0.2, -0.15) is 0 Å². The first-order valence-electron chi connectivity index (χ1n) is 6.12. The molecule has 3 heterocycles. The normalized spacial score (nSPS) is 24.2. The van der Waals surface area contributed by atoms with Crippen molar-refractivity contribution in [3.63, 3.8) is 0 Å². The Balaban J connectivity index is 1.97. The molecule has 0 aromatic carbocycles. The molecule has 0 amide bonds. The van der Waals surface area contributed by atoms with E-state index in [0.29, 0.717) is 6.54 Å². The van der Waals surface area contributed by atoms with Crippen molar-refractivity contribution >= 4 is 11.6 Å². The molecule has 2 aromatic rings. The number of piperidine rings is 1. The minimum Gasteiger partial charge on any atom is -0.481 e. The fraction of sp³-hybridized carbons (Fsp3) is 0.385.